The van der Waals surface area contributed by atoms with Crippen molar-refractivity contribution in [3.8, 4) is 32.4 Å². The molecule has 0 aliphatic heterocycles. The number of hydrogen-bond acceptors (Lipinski definition) is 4. The van der Waals surface area contributed by atoms with E-state index < -0.39 is 0 Å². The van der Waals surface area contributed by atoms with Gasteiger partial charge in [0.15, 0.2) is 9.79 Å². The monoisotopic (exact) mass is 501 g/mol. The molecule has 5 rings (SSSR count). The van der Waals surface area contributed by atoms with E-state index in [1.165, 1.54) is 39.8 Å². The maximum Gasteiger partial charge on any atom is 0.220 e. The average Bonchev–Trinajstić information content (AvgIpc) is 3.55. The van der Waals surface area contributed by atoms with Crippen LogP contribution in [0.15, 0.2) is 111 Å². The minimum absolute atomic E-state index is 0.210. The second-order valence-corrected chi connectivity index (χ2v) is 12.4. The Morgan fingerprint density at radius 2 is 1.00 bits per heavy atom. The van der Waals surface area contributed by atoms with Gasteiger partial charge in [0.05, 0.1) is 14.2 Å². The number of thiophene rings is 2. The molecule has 0 unspecified atom stereocenters. The minimum atomic E-state index is -0.210. The second kappa shape index (κ2) is 10.1. The van der Waals surface area contributed by atoms with Crippen LogP contribution in [0.2, 0.25) is 0 Å². The summed E-state index contributed by atoms with van der Waals surface area (Å²) in [5.41, 5.74) is 2.52. The molecule has 0 saturated carbocycles. The van der Waals surface area contributed by atoms with E-state index in [0.717, 1.165) is 11.5 Å². The van der Waals surface area contributed by atoms with Crippen molar-refractivity contribution >= 4 is 33.6 Å². The summed E-state index contributed by atoms with van der Waals surface area (Å²) < 4.78 is 12.1. The van der Waals surface area contributed by atoms with E-state index in [2.05, 4.69) is 79.7 Å². The number of rotatable bonds is 7. The fraction of sp³-hybridized carbons (Fsp3) is 0.103. The first-order chi connectivity index (χ1) is 16.6. The summed E-state index contributed by atoms with van der Waals surface area (Å²) in [5, 5.41) is 0. The minimum Gasteiger partial charge on any atom is -0.497 e. The van der Waals surface area contributed by atoms with Crippen LogP contribution in [0.3, 0.4) is 0 Å². The normalized spacial score (nSPS) is 11.1. The fourth-order valence-electron chi connectivity index (χ4n) is 3.77. The molecule has 5 aromatic rings. The Morgan fingerprint density at radius 1 is 0.529 bits per heavy atom. The van der Waals surface area contributed by atoms with Crippen LogP contribution in [0.4, 0.5) is 0 Å². The lowest BCUT2D eigenvalue weighted by atomic mass is 10.1. The molecule has 0 N–H and O–H groups in total. The van der Waals surface area contributed by atoms with Crippen molar-refractivity contribution in [3.63, 3.8) is 0 Å². The van der Waals surface area contributed by atoms with Gasteiger partial charge in [-0.1, -0.05) is 35.6 Å². The average molecular weight is 502 g/mol. The van der Waals surface area contributed by atoms with Gasteiger partial charge >= 0.3 is 0 Å². The molecule has 34 heavy (non-hydrogen) atoms. The Kier molecular flexibility index (Phi) is 6.77. The van der Waals surface area contributed by atoms with Gasteiger partial charge in [-0.05, 0) is 84.8 Å². The molecule has 0 amide bonds. The highest BCUT2D eigenvalue weighted by molar-refractivity contribution is 7.99. The predicted molar refractivity (Wildman–Crippen MR) is 146 cm³/mol. The van der Waals surface area contributed by atoms with Gasteiger partial charge in [-0.2, -0.15) is 0 Å². The summed E-state index contributed by atoms with van der Waals surface area (Å²) in [6.07, 6.45) is 0. The van der Waals surface area contributed by atoms with Crippen molar-refractivity contribution in [3.05, 3.63) is 102 Å². The number of aryl methyl sites for hydroxylation is 1. The zero-order chi connectivity index (χ0) is 23.5. The molecular formula is C29H25O2S3+. The summed E-state index contributed by atoms with van der Waals surface area (Å²) in [7, 11) is 3.20. The number of benzene rings is 3. The van der Waals surface area contributed by atoms with Crippen molar-refractivity contribution in [2.45, 2.75) is 20.9 Å². The van der Waals surface area contributed by atoms with Gasteiger partial charge in [-0.25, -0.2) is 0 Å². The van der Waals surface area contributed by atoms with Gasteiger partial charge in [-0.15, -0.1) is 11.3 Å². The summed E-state index contributed by atoms with van der Waals surface area (Å²) in [6, 6.07) is 34.7. The van der Waals surface area contributed by atoms with Crippen LogP contribution >= 0.6 is 22.7 Å². The molecule has 5 heteroatoms. The first kappa shape index (κ1) is 22.8. The molecule has 0 fully saturated rings. The molecule has 3 aromatic carbocycles. The SMILES string of the molecule is COc1ccc([S+](c2ccc(OC)cc2)c2ccc(-c3ccc(-c4ccc(C)s4)cc3)s2)cc1. The second-order valence-electron chi connectivity index (χ2n) is 7.76. The van der Waals surface area contributed by atoms with Gasteiger partial charge in [0.2, 0.25) is 4.21 Å². The van der Waals surface area contributed by atoms with Gasteiger partial charge in [0.25, 0.3) is 0 Å². The van der Waals surface area contributed by atoms with Crippen molar-refractivity contribution in [2.75, 3.05) is 14.2 Å². The smallest absolute Gasteiger partial charge is 0.220 e. The lowest BCUT2D eigenvalue weighted by Crippen LogP contribution is -2.03. The quantitative estimate of drug-likeness (QED) is 0.208. The van der Waals surface area contributed by atoms with Gasteiger partial charge < -0.3 is 9.47 Å². The third-order valence-corrected chi connectivity index (χ3v) is 10.3. The van der Waals surface area contributed by atoms with E-state index in [9.17, 15) is 0 Å². The van der Waals surface area contributed by atoms with Crippen LogP contribution in [0.5, 0.6) is 11.5 Å². The van der Waals surface area contributed by atoms with Crippen LogP contribution in [-0.2, 0) is 10.9 Å². The summed E-state index contributed by atoms with van der Waals surface area (Å²) >= 11 is 3.70. The van der Waals surface area contributed by atoms with Crippen LogP contribution < -0.4 is 9.47 Å². The van der Waals surface area contributed by atoms with E-state index in [1.54, 1.807) is 14.2 Å². The van der Waals surface area contributed by atoms with Crippen molar-refractivity contribution in [1.29, 1.82) is 0 Å². The van der Waals surface area contributed by atoms with Crippen molar-refractivity contribution in [2.24, 2.45) is 0 Å². The largest absolute Gasteiger partial charge is 0.497 e. The van der Waals surface area contributed by atoms with E-state index in [0.29, 0.717) is 0 Å². The maximum atomic E-state index is 5.39. The maximum absolute atomic E-state index is 5.39. The number of methoxy groups -OCH3 is 2. The predicted octanol–water partition coefficient (Wildman–Crippen LogP) is 8.56. The van der Waals surface area contributed by atoms with Gasteiger partial charge in [0.1, 0.15) is 22.4 Å². The third-order valence-electron chi connectivity index (χ3n) is 5.57. The molecule has 0 aliphatic rings. The number of hydrogen-bond donors (Lipinski definition) is 0. The number of ether oxygens (including phenoxy) is 2. The lowest BCUT2D eigenvalue weighted by Gasteiger charge is -2.08. The Labute approximate surface area is 211 Å². The highest BCUT2D eigenvalue weighted by Crippen LogP contribution is 2.40. The topological polar surface area (TPSA) is 18.5 Å². The van der Waals surface area contributed by atoms with Gasteiger partial charge in [0, 0.05) is 20.7 Å². The standard InChI is InChI=1S/C29H25O2S3/c1-20-4-17-27(32-20)21-5-7-22(8-6-21)28-18-19-29(33-28)34(25-13-9-23(30-2)10-14-25)26-15-11-24(31-3)12-16-26/h4-19H,1-3H3/q+1. The molecule has 0 spiro atoms. The van der Waals surface area contributed by atoms with Gasteiger partial charge in [-0.3, -0.25) is 0 Å². The first-order valence-corrected chi connectivity index (χ1v) is 13.8. The van der Waals surface area contributed by atoms with Crippen molar-refractivity contribution < 1.29 is 9.47 Å². The summed E-state index contributed by atoms with van der Waals surface area (Å²) in [5.74, 6) is 1.74. The molecule has 2 nitrogen and oxygen atoms in total. The van der Waals surface area contributed by atoms with E-state index in [4.69, 9.17) is 9.47 Å². The third kappa shape index (κ3) is 4.78. The summed E-state index contributed by atoms with van der Waals surface area (Å²) in [4.78, 5) is 6.47. The Hall–Kier alpha value is -2.99. The van der Waals surface area contributed by atoms with E-state index >= 15 is 0 Å². The fourth-order valence-corrected chi connectivity index (χ4v) is 8.32. The zero-order valence-corrected chi connectivity index (χ0v) is 21.7. The Morgan fingerprint density at radius 3 is 1.44 bits per heavy atom. The molecule has 170 valence electrons. The molecule has 0 atom stereocenters. The van der Waals surface area contributed by atoms with Crippen LogP contribution in [0.1, 0.15) is 4.88 Å². The van der Waals surface area contributed by atoms with Crippen molar-refractivity contribution in [1.82, 2.24) is 0 Å². The lowest BCUT2D eigenvalue weighted by molar-refractivity contribution is 0.414. The Balaban J connectivity index is 1.49. The van der Waals surface area contributed by atoms with E-state index in [-0.39, 0.29) is 10.9 Å². The molecular weight excluding hydrogens is 477 g/mol. The molecule has 0 radical (unpaired) electrons. The van der Waals surface area contributed by atoms with Crippen LogP contribution in [0.25, 0.3) is 20.9 Å². The molecule has 0 saturated heterocycles. The van der Waals surface area contributed by atoms with E-state index in [1.807, 2.05) is 46.9 Å². The zero-order valence-electron chi connectivity index (χ0n) is 19.3. The first-order valence-electron chi connectivity index (χ1n) is 10.9. The molecule has 0 aliphatic carbocycles. The Bertz CT molecular complexity index is 1320. The molecule has 0 bridgehead atoms. The highest BCUT2D eigenvalue weighted by atomic mass is 32.2. The van der Waals surface area contributed by atoms with Crippen LogP contribution in [0, 0.1) is 6.92 Å². The summed E-state index contributed by atoms with van der Waals surface area (Å²) in [6.45, 7) is 2.15. The molecule has 2 aromatic heterocycles. The highest BCUT2D eigenvalue weighted by Gasteiger charge is 2.31. The molecule has 2 heterocycles. The van der Waals surface area contributed by atoms with Crippen LogP contribution in [-0.4, -0.2) is 14.2 Å².